The quantitative estimate of drug-likeness (QED) is 0.489. The van der Waals surface area contributed by atoms with Gasteiger partial charge in [0.2, 0.25) is 0 Å². The normalized spacial score (nSPS) is 17.2. The Balaban J connectivity index is 0.000000135. The van der Waals surface area contributed by atoms with Crippen molar-refractivity contribution in [3.05, 3.63) is 69.8 Å². The highest BCUT2D eigenvalue weighted by atomic mass is 27.3. The van der Waals surface area contributed by atoms with Crippen LogP contribution in [0.15, 0.2) is 36.4 Å². The van der Waals surface area contributed by atoms with E-state index >= 15 is 0 Å². The van der Waals surface area contributed by atoms with Crippen LogP contribution in [0.4, 0.5) is 0 Å². The van der Waals surface area contributed by atoms with Crippen molar-refractivity contribution in [3.8, 4) is 0 Å². The van der Waals surface area contributed by atoms with Gasteiger partial charge in [0.05, 0.1) is 33.4 Å². The van der Waals surface area contributed by atoms with Gasteiger partial charge in [-0.05, 0) is 36.4 Å². The van der Waals surface area contributed by atoms with Crippen molar-refractivity contribution in [3.63, 3.8) is 0 Å². The van der Waals surface area contributed by atoms with Gasteiger partial charge in [0.25, 0.3) is 0 Å². The molecule has 0 amide bonds. The van der Waals surface area contributed by atoms with E-state index in [1.54, 1.807) is 0 Å². The van der Waals surface area contributed by atoms with Crippen molar-refractivity contribution in [2.45, 2.75) is 0 Å². The molecule has 2 aromatic rings. The second-order valence-electron chi connectivity index (χ2n) is 6.61. The van der Waals surface area contributed by atoms with Crippen LogP contribution in [0.25, 0.3) is 0 Å². The fourth-order valence-corrected chi connectivity index (χ4v) is 5.19. The van der Waals surface area contributed by atoms with Gasteiger partial charge >= 0.3 is 66.1 Å². The van der Waals surface area contributed by atoms with Gasteiger partial charge in [-0.1, -0.05) is 0 Å². The molecule has 6 aliphatic heterocycles. The fourth-order valence-electron chi connectivity index (χ4n) is 3.04. The topological polar surface area (TPSA) is 158 Å². The van der Waals surface area contributed by atoms with Gasteiger partial charge in [0.1, 0.15) is 0 Å². The highest BCUT2D eigenvalue weighted by Crippen LogP contribution is 2.22. The van der Waals surface area contributed by atoms with Crippen molar-refractivity contribution >= 4 is 66.1 Å². The summed E-state index contributed by atoms with van der Waals surface area (Å²) in [6, 6.07) is 7.98. The Bertz CT molecular complexity index is 994. The molecule has 0 fully saturated rings. The summed E-state index contributed by atoms with van der Waals surface area (Å²) in [6.45, 7) is 0. The molecule has 0 radical (unpaired) electrons. The van der Waals surface area contributed by atoms with Crippen LogP contribution in [-0.4, -0.2) is 66.1 Å². The van der Waals surface area contributed by atoms with Gasteiger partial charge in [-0.15, -0.1) is 0 Å². The molecule has 0 aliphatic carbocycles. The lowest BCUT2D eigenvalue weighted by molar-refractivity contribution is 0.0355. The number of hydrogen-bond acceptors (Lipinski definition) is 12. The zero-order chi connectivity index (χ0) is 22.6. The minimum Gasteiger partial charge on any atom is -0.547 e. The van der Waals surface area contributed by atoms with Crippen molar-refractivity contribution in [1.82, 2.24) is 0 Å². The molecule has 12 nitrogen and oxygen atoms in total. The number of hydrogen-bond donors (Lipinski definition) is 0. The van der Waals surface area contributed by atoms with E-state index in [-0.39, 0.29) is 33.4 Å². The van der Waals surface area contributed by atoms with E-state index in [9.17, 15) is 28.8 Å². The van der Waals surface area contributed by atoms with E-state index in [0.717, 1.165) is 0 Å². The first kappa shape index (κ1) is 20.2. The summed E-state index contributed by atoms with van der Waals surface area (Å²) in [7, 11) is 0. The van der Waals surface area contributed by atoms with Crippen LogP contribution in [0.2, 0.25) is 0 Å². The molecule has 14 heteroatoms. The molecule has 156 valence electrons. The lowest BCUT2D eigenvalue weighted by Crippen LogP contribution is -2.38. The Morgan fingerprint density at radius 1 is 0.344 bits per heavy atom. The van der Waals surface area contributed by atoms with Crippen molar-refractivity contribution < 1.29 is 51.5 Å². The summed E-state index contributed by atoms with van der Waals surface area (Å²) in [4.78, 5) is 68.8. The molecular weight excluding hydrogens is 462 g/mol. The number of carbonyl (C=O) groups excluding carboxylic acids is 6. The summed E-state index contributed by atoms with van der Waals surface area (Å²) in [5.41, 5.74) is 0.991. The molecule has 8 bridgehead atoms. The Labute approximate surface area is 187 Å². The number of fused-ring (bicyclic) bond motifs is 6. The van der Waals surface area contributed by atoms with Crippen molar-refractivity contribution in [2.75, 3.05) is 0 Å². The zero-order valence-electron chi connectivity index (χ0n) is 15.5. The lowest BCUT2D eigenvalue weighted by atomic mass is 10.1. The first-order valence-corrected chi connectivity index (χ1v) is 11.7. The van der Waals surface area contributed by atoms with Crippen LogP contribution < -0.4 is 0 Å². The smallest absolute Gasteiger partial charge is 0.547 e. The molecule has 0 saturated heterocycles. The summed E-state index contributed by atoms with van der Waals surface area (Å²) in [5.74, 6) is -3.83. The molecule has 6 aliphatic rings. The van der Waals surface area contributed by atoms with Gasteiger partial charge in [0.15, 0.2) is 0 Å². The van der Waals surface area contributed by atoms with E-state index in [2.05, 4.69) is 0 Å². The Morgan fingerprint density at radius 3 is 0.656 bits per heavy atom. The van der Waals surface area contributed by atoms with Gasteiger partial charge in [-0.2, -0.15) is 0 Å². The Morgan fingerprint density at radius 2 is 0.500 bits per heavy atom. The van der Waals surface area contributed by atoms with E-state index < -0.39 is 66.1 Å². The minimum atomic E-state index is -3.04. The Hall–Kier alpha value is -3.68. The van der Waals surface area contributed by atoms with Crippen molar-refractivity contribution in [2.24, 2.45) is 0 Å². The second kappa shape index (κ2) is 7.48. The van der Waals surface area contributed by atoms with Gasteiger partial charge in [-0.25, -0.2) is 28.8 Å². The first-order chi connectivity index (χ1) is 15.3. The predicted octanol–water partition coefficient (Wildman–Crippen LogP) is 0.338. The molecule has 0 atom stereocenters. The lowest BCUT2D eigenvalue weighted by Gasteiger charge is -2.20. The zero-order valence-corrected chi connectivity index (χ0v) is 17.8. The monoisotopic (exact) mass is 468 g/mol. The SMILES string of the molecule is O=C1[O][Al]2[O]C(=O)c3cc1cc(c3)C(=O)[O]2.O=C1[O][Al]2[O]C(=O)c3cc1cc(c3)C(=O)[O]2. The molecular formula is C18H6Al2O12. The predicted molar refractivity (Wildman–Crippen MR) is 96.9 cm³/mol. The third-order valence-corrected chi connectivity index (χ3v) is 6.94. The molecule has 6 heterocycles. The summed E-state index contributed by atoms with van der Waals surface area (Å²) < 4.78 is 28.7. The van der Waals surface area contributed by atoms with Crippen LogP contribution in [0.3, 0.4) is 0 Å². The molecule has 0 unspecified atom stereocenters. The minimum absolute atomic E-state index is 0.165. The number of carbonyl (C=O) groups is 6. The van der Waals surface area contributed by atoms with E-state index in [1.807, 2.05) is 0 Å². The standard InChI is InChI=1S/2C9H6O6.2Al/c2*10-7(11)4-1-5(8(12)13)3-6(2-4)9(14)15;;/h2*1-3H,(H,10,11)(H,12,13)(H,14,15);;/q;;2*+3/p-6. The van der Waals surface area contributed by atoms with Crippen LogP contribution in [-0.2, 0) is 22.7 Å². The van der Waals surface area contributed by atoms with E-state index in [1.165, 1.54) is 36.4 Å². The maximum absolute atomic E-state index is 11.5. The third kappa shape index (κ3) is 3.62. The van der Waals surface area contributed by atoms with Crippen molar-refractivity contribution in [1.29, 1.82) is 0 Å². The molecule has 2 aromatic carbocycles. The average molecular weight is 468 g/mol. The molecule has 0 aromatic heterocycles. The fraction of sp³-hybridized carbons (Fsp3) is 0. The molecule has 0 saturated carbocycles. The highest BCUT2D eigenvalue weighted by molar-refractivity contribution is 6.47. The summed E-state index contributed by atoms with van der Waals surface area (Å²) >= 11 is -6.08. The number of benzene rings is 2. The molecule has 8 rings (SSSR count). The Kier molecular flexibility index (Phi) is 4.73. The summed E-state index contributed by atoms with van der Waals surface area (Å²) in [6.07, 6.45) is 0. The third-order valence-electron chi connectivity index (χ3n) is 4.50. The number of rotatable bonds is 0. The van der Waals surface area contributed by atoms with Gasteiger partial charge < -0.3 is 22.7 Å². The largest absolute Gasteiger partial charge is 1.20 e. The molecule has 0 spiro atoms. The first-order valence-electron chi connectivity index (χ1n) is 8.83. The maximum atomic E-state index is 11.5. The van der Waals surface area contributed by atoms with Crippen LogP contribution in [0.1, 0.15) is 62.1 Å². The van der Waals surface area contributed by atoms with Gasteiger partial charge in [-0.3, -0.25) is 0 Å². The highest BCUT2D eigenvalue weighted by Gasteiger charge is 2.53. The van der Waals surface area contributed by atoms with Crippen LogP contribution in [0, 0.1) is 0 Å². The summed E-state index contributed by atoms with van der Waals surface area (Å²) in [5, 5.41) is 0. The maximum Gasteiger partial charge on any atom is 1.20 e. The molecule has 0 N–H and O–H groups in total. The van der Waals surface area contributed by atoms with E-state index in [0.29, 0.717) is 0 Å². The average Bonchev–Trinajstić information content (AvgIpc) is 2.76. The van der Waals surface area contributed by atoms with Gasteiger partial charge in [0, 0.05) is 0 Å². The van der Waals surface area contributed by atoms with Crippen LogP contribution >= 0.6 is 0 Å². The van der Waals surface area contributed by atoms with Crippen LogP contribution in [0.5, 0.6) is 0 Å². The second-order valence-corrected chi connectivity index (χ2v) is 9.18. The molecule has 32 heavy (non-hydrogen) atoms. The van der Waals surface area contributed by atoms with E-state index in [4.69, 9.17) is 22.7 Å².